The number of hydrogen-bond acceptors (Lipinski definition) is 11. The number of fused-ring (bicyclic) bond motifs is 5. The highest BCUT2D eigenvalue weighted by Crippen LogP contribution is 2.67. The molecule has 3 saturated carbocycles. The summed E-state index contributed by atoms with van der Waals surface area (Å²) in [6.07, 6.45) is 6.83. The third kappa shape index (κ3) is 8.82. The van der Waals surface area contributed by atoms with E-state index in [-0.39, 0.29) is 54.2 Å². The Morgan fingerprint density at radius 3 is 2.44 bits per heavy atom. The van der Waals surface area contributed by atoms with Gasteiger partial charge >= 0.3 is 11.9 Å². The van der Waals surface area contributed by atoms with Gasteiger partial charge in [0.05, 0.1) is 11.3 Å². The van der Waals surface area contributed by atoms with E-state index in [4.69, 9.17) is 4.74 Å². The fourth-order valence-corrected chi connectivity index (χ4v) is 10.0. The van der Waals surface area contributed by atoms with Crippen LogP contribution in [0.1, 0.15) is 115 Å². The van der Waals surface area contributed by atoms with Crippen molar-refractivity contribution in [2.75, 3.05) is 13.2 Å². The Labute approximate surface area is 319 Å². The summed E-state index contributed by atoms with van der Waals surface area (Å²) in [5, 5.41) is 47.8. The minimum Gasteiger partial charge on any atom is -0.480 e. The first-order chi connectivity index (χ1) is 26.0. The number of carboxylic acid groups (broad SMARTS) is 1. The molecule has 0 saturated heterocycles. The van der Waals surface area contributed by atoms with E-state index in [0.29, 0.717) is 50.4 Å². The predicted octanol–water partition coefficient (Wildman–Crippen LogP) is 4.03. The highest BCUT2D eigenvalue weighted by Gasteiger charge is 2.66. The number of rotatable bonds is 17. The average molecular weight is 768 g/mol. The van der Waals surface area contributed by atoms with Crippen LogP contribution in [-0.4, -0.2) is 80.4 Å². The number of aliphatic hydroxyl groups excluding tert-OH is 1. The molecule has 5 N–H and O–H groups in total. The smallest absolute Gasteiger partial charge is 0.329 e. The molecule has 55 heavy (non-hydrogen) atoms. The second kappa shape index (κ2) is 17.1. The Morgan fingerprint density at radius 1 is 0.964 bits per heavy atom. The zero-order chi connectivity index (χ0) is 40.1. The number of nitro benzene ring substituents is 1. The van der Waals surface area contributed by atoms with Crippen molar-refractivity contribution in [2.45, 2.75) is 121 Å². The normalized spacial score (nSPS) is 29.3. The zero-order valence-electron chi connectivity index (χ0n) is 31.6. The number of aliphatic carboxylic acids is 1. The molecule has 4 aliphatic rings. The van der Waals surface area contributed by atoms with E-state index in [0.717, 1.165) is 38.2 Å². The Hall–Kier alpha value is -4.50. The molecular formula is C40H53N3O12. The molecule has 300 valence electrons. The SMILES string of the molecule is C[C@]12CCC(=O)C=C1CC[C@@H]1C2CC[C@@]2(C)C1CC[C@]2(O)C(=O)COC(=O)CCC(=O)NCCCCCC(=O)NC(C(=O)O)C(O)c1cccc([N+](=O)[O-])c1. The summed E-state index contributed by atoms with van der Waals surface area (Å²) in [6, 6.07) is 3.14. The van der Waals surface area contributed by atoms with E-state index in [9.17, 15) is 54.2 Å². The molecule has 0 bridgehead atoms. The molecule has 0 aliphatic heterocycles. The van der Waals surface area contributed by atoms with Crippen molar-refractivity contribution < 1.29 is 53.7 Å². The Bertz CT molecular complexity index is 1730. The van der Waals surface area contributed by atoms with Crippen LogP contribution in [0.2, 0.25) is 0 Å². The predicted molar refractivity (Wildman–Crippen MR) is 196 cm³/mol. The molecule has 3 fully saturated rings. The highest BCUT2D eigenvalue weighted by atomic mass is 16.6. The van der Waals surface area contributed by atoms with Gasteiger partial charge in [-0.2, -0.15) is 0 Å². The maximum atomic E-state index is 13.5. The van der Waals surface area contributed by atoms with Crippen molar-refractivity contribution in [2.24, 2.45) is 28.6 Å². The number of amides is 2. The number of nitro groups is 1. The summed E-state index contributed by atoms with van der Waals surface area (Å²) in [6.45, 7) is 3.99. The molecule has 0 radical (unpaired) electrons. The quantitative estimate of drug-likeness (QED) is 0.0654. The monoisotopic (exact) mass is 767 g/mol. The van der Waals surface area contributed by atoms with Crippen LogP contribution in [0.4, 0.5) is 5.69 Å². The first kappa shape index (κ1) is 41.7. The number of non-ortho nitro benzene ring substituents is 1. The van der Waals surface area contributed by atoms with Crippen molar-refractivity contribution in [3.63, 3.8) is 0 Å². The average Bonchev–Trinajstić information content (AvgIpc) is 3.44. The number of esters is 1. The second-order valence-electron chi connectivity index (χ2n) is 16.2. The molecule has 1 aromatic carbocycles. The number of carbonyl (C=O) groups excluding carboxylic acids is 5. The van der Waals surface area contributed by atoms with Gasteiger partial charge in [0.15, 0.2) is 18.4 Å². The summed E-state index contributed by atoms with van der Waals surface area (Å²) in [5.74, 6) is -2.65. The van der Waals surface area contributed by atoms with Crippen molar-refractivity contribution in [1.82, 2.24) is 10.6 Å². The molecule has 0 spiro atoms. The maximum absolute atomic E-state index is 13.5. The topological polar surface area (TPSA) is 240 Å². The number of ether oxygens (including phenoxy) is 1. The number of nitrogens with zero attached hydrogens (tertiary/aromatic N) is 1. The van der Waals surface area contributed by atoms with Crippen LogP contribution in [-0.2, 0) is 33.5 Å². The first-order valence-corrected chi connectivity index (χ1v) is 19.4. The van der Waals surface area contributed by atoms with Gasteiger partial charge < -0.3 is 30.7 Å². The number of carboxylic acids is 1. The van der Waals surface area contributed by atoms with Gasteiger partial charge in [-0.15, -0.1) is 0 Å². The number of nitrogens with one attached hydrogen (secondary N) is 2. The van der Waals surface area contributed by atoms with Crippen molar-refractivity contribution in [3.05, 3.63) is 51.6 Å². The molecule has 0 aromatic heterocycles. The van der Waals surface area contributed by atoms with E-state index in [1.165, 1.54) is 23.8 Å². The van der Waals surface area contributed by atoms with Gasteiger partial charge in [0, 0.05) is 43.4 Å². The van der Waals surface area contributed by atoms with Gasteiger partial charge in [0.1, 0.15) is 11.7 Å². The largest absolute Gasteiger partial charge is 0.480 e. The lowest BCUT2D eigenvalue weighted by molar-refractivity contribution is -0.385. The van der Waals surface area contributed by atoms with E-state index in [2.05, 4.69) is 17.6 Å². The molecule has 2 amide bonds. The Balaban J connectivity index is 0.974. The Kier molecular flexibility index (Phi) is 13.0. The molecular weight excluding hydrogens is 714 g/mol. The van der Waals surface area contributed by atoms with Gasteiger partial charge in [-0.3, -0.25) is 34.1 Å². The van der Waals surface area contributed by atoms with Crippen LogP contribution in [0.15, 0.2) is 35.9 Å². The number of benzene rings is 1. The number of Topliss-reactive ketones (excluding diaryl/α,β-unsaturated/α-hetero) is 1. The lowest BCUT2D eigenvalue weighted by Crippen LogP contribution is -2.58. The van der Waals surface area contributed by atoms with Gasteiger partial charge in [0.2, 0.25) is 17.6 Å². The molecule has 8 atom stereocenters. The van der Waals surface area contributed by atoms with E-state index in [1.54, 1.807) is 0 Å². The van der Waals surface area contributed by atoms with Crippen LogP contribution in [0.25, 0.3) is 0 Å². The van der Waals surface area contributed by atoms with Crippen LogP contribution in [0.3, 0.4) is 0 Å². The van der Waals surface area contributed by atoms with Crippen molar-refractivity contribution >= 4 is 41.0 Å². The molecule has 1 aromatic rings. The van der Waals surface area contributed by atoms with Crippen molar-refractivity contribution in [1.29, 1.82) is 0 Å². The van der Waals surface area contributed by atoms with E-state index in [1.807, 2.05) is 13.0 Å². The number of aliphatic hydroxyl groups is 2. The van der Waals surface area contributed by atoms with Gasteiger partial charge in [-0.25, -0.2) is 4.79 Å². The summed E-state index contributed by atoms with van der Waals surface area (Å²) < 4.78 is 5.25. The fourth-order valence-electron chi connectivity index (χ4n) is 10.0. The number of ketones is 2. The lowest BCUT2D eigenvalue weighted by Gasteiger charge is -2.58. The van der Waals surface area contributed by atoms with Gasteiger partial charge in [-0.1, -0.05) is 38.0 Å². The minimum atomic E-state index is -1.72. The third-order valence-electron chi connectivity index (χ3n) is 13.2. The number of unbranched alkanes of at least 4 members (excludes halogenated alkanes) is 2. The highest BCUT2D eigenvalue weighted by molar-refractivity contribution is 5.92. The molecule has 15 nitrogen and oxygen atoms in total. The number of hydrogen-bond donors (Lipinski definition) is 5. The number of carbonyl (C=O) groups is 6. The molecule has 0 heterocycles. The molecule has 5 rings (SSSR count). The number of allylic oxidation sites excluding steroid dienone is 1. The van der Waals surface area contributed by atoms with Gasteiger partial charge in [0.25, 0.3) is 5.69 Å². The second-order valence-corrected chi connectivity index (χ2v) is 16.2. The van der Waals surface area contributed by atoms with Crippen LogP contribution in [0, 0.1) is 38.7 Å². The Morgan fingerprint density at radius 2 is 1.71 bits per heavy atom. The van der Waals surface area contributed by atoms with Crippen LogP contribution in [0.5, 0.6) is 0 Å². The maximum Gasteiger partial charge on any atom is 0.329 e. The molecule has 4 unspecified atom stereocenters. The summed E-state index contributed by atoms with van der Waals surface area (Å²) in [7, 11) is 0. The fraction of sp³-hybridized carbons (Fsp3) is 0.650. The summed E-state index contributed by atoms with van der Waals surface area (Å²) in [4.78, 5) is 84.9. The molecule has 15 heteroatoms. The summed E-state index contributed by atoms with van der Waals surface area (Å²) >= 11 is 0. The van der Waals surface area contributed by atoms with Crippen molar-refractivity contribution in [3.8, 4) is 0 Å². The third-order valence-corrected chi connectivity index (χ3v) is 13.2. The minimum absolute atomic E-state index is 0.0223. The van der Waals surface area contributed by atoms with Crippen LogP contribution >= 0.6 is 0 Å². The standard InChI is InChI=1S/C40H53N3O12/c1-38-17-14-27(44)22-25(38)10-11-28-29(38)15-18-39(2)30(28)16-19-40(39,52)31(45)23-55-34(48)13-12-32(46)41-20-5-3-4-9-33(47)42-35(37(50)51)36(49)24-7-6-8-26(21-24)43(53)54/h6-8,21-22,28-30,35-36,49,52H,3-5,9-20,23H2,1-2H3,(H,41,46)(H,42,47)(H,50,51)/t28-,29?,30?,35?,36?,38+,39+,40+/m1/s1. The summed E-state index contributed by atoms with van der Waals surface area (Å²) in [5.41, 5.74) is -1.37. The zero-order valence-corrected chi connectivity index (χ0v) is 31.6. The van der Waals surface area contributed by atoms with E-state index < -0.39 is 64.2 Å². The van der Waals surface area contributed by atoms with Crippen LogP contribution < -0.4 is 10.6 Å². The van der Waals surface area contributed by atoms with E-state index >= 15 is 0 Å². The lowest BCUT2D eigenvalue weighted by atomic mass is 9.46. The van der Waals surface area contributed by atoms with Gasteiger partial charge in [-0.05, 0) is 92.6 Å². The molecule has 4 aliphatic carbocycles. The first-order valence-electron chi connectivity index (χ1n) is 19.4.